The maximum atomic E-state index is 5.74. The molecule has 0 spiro atoms. The standard InChI is InChI=1S/C10H16BrN3S/c1-7-8(12)6-14-10(9(7)11)13-4-3-5-15-2/h6H,3-5,12H2,1-2H3,(H,13,14). The fraction of sp³-hybridized carbons (Fsp3) is 0.500. The zero-order chi connectivity index (χ0) is 11.3. The van der Waals surface area contributed by atoms with E-state index in [9.17, 15) is 0 Å². The molecule has 0 aliphatic rings. The molecule has 5 heteroatoms. The first kappa shape index (κ1) is 12.6. The van der Waals surface area contributed by atoms with Crippen LogP contribution in [-0.4, -0.2) is 23.5 Å². The molecule has 1 rings (SSSR count). The highest BCUT2D eigenvalue weighted by Gasteiger charge is 2.06. The second kappa shape index (κ2) is 6.23. The molecule has 0 saturated carbocycles. The molecule has 0 aromatic carbocycles. The molecule has 0 fully saturated rings. The van der Waals surface area contributed by atoms with Crippen LogP contribution >= 0.6 is 27.7 Å². The van der Waals surface area contributed by atoms with Crippen LogP contribution in [0.25, 0.3) is 0 Å². The Labute approximate surface area is 103 Å². The second-order valence-corrected chi connectivity index (χ2v) is 5.05. The Kier molecular flexibility index (Phi) is 5.25. The van der Waals surface area contributed by atoms with E-state index in [1.165, 1.54) is 5.75 Å². The quantitative estimate of drug-likeness (QED) is 0.819. The first-order valence-electron chi connectivity index (χ1n) is 4.80. The van der Waals surface area contributed by atoms with Gasteiger partial charge in [0.25, 0.3) is 0 Å². The van der Waals surface area contributed by atoms with Crippen molar-refractivity contribution in [1.82, 2.24) is 4.98 Å². The number of hydrogen-bond acceptors (Lipinski definition) is 4. The molecular formula is C10H16BrN3S. The van der Waals surface area contributed by atoms with Gasteiger partial charge in [-0.15, -0.1) is 0 Å². The fourth-order valence-electron chi connectivity index (χ4n) is 1.14. The summed E-state index contributed by atoms with van der Waals surface area (Å²) in [5.74, 6) is 2.04. The molecule has 0 aliphatic carbocycles. The Morgan fingerprint density at radius 2 is 2.33 bits per heavy atom. The molecule has 0 unspecified atom stereocenters. The number of thioether (sulfide) groups is 1. The number of nitrogens with one attached hydrogen (secondary N) is 1. The lowest BCUT2D eigenvalue weighted by Gasteiger charge is -2.10. The van der Waals surface area contributed by atoms with E-state index in [0.29, 0.717) is 0 Å². The summed E-state index contributed by atoms with van der Waals surface area (Å²) in [5.41, 5.74) is 7.50. The third kappa shape index (κ3) is 3.57. The molecule has 0 radical (unpaired) electrons. The van der Waals surface area contributed by atoms with Gasteiger partial charge in [-0.05, 0) is 46.8 Å². The molecule has 0 bridgehead atoms. The summed E-state index contributed by atoms with van der Waals surface area (Å²) in [4.78, 5) is 4.25. The monoisotopic (exact) mass is 289 g/mol. The first-order chi connectivity index (χ1) is 7.16. The van der Waals surface area contributed by atoms with Crippen molar-refractivity contribution in [3.8, 4) is 0 Å². The number of anilines is 2. The van der Waals surface area contributed by atoms with Crippen LogP contribution in [0.15, 0.2) is 10.7 Å². The minimum absolute atomic E-state index is 0.719. The van der Waals surface area contributed by atoms with Gasteiger partial charge < -0.3 is 11.1 Å². The fourth-order valence-corrected chi connectivity index (χ4v) is 2.04. The van der Waals surface area contributed by atoms with Gasteiger partial charge in [0.15, 0.2) is 0 Å². The van der Waals surface area contributed by atoms with Gasteiger partial charge in [0.1, 0.15) is 5.82 Å². The van der Waals surface area contributed by atoms with Crippen molar-refractivity contribution in [1.29, 1.82) is 0 Å². The zero-order valence-electron chi connectivity index (χ0n) is 9.01. The molecule has 1 heterocycles. The van der Waals surface area contributed by atoms with Crippen molar-refractivity contribution >= 4 is 39.2 Å². The van der Waals surface area contributed by atoms with Crippen LogP contribution in [0.2, 0.25) is 0 Å². The lowest BCUT2D eigenvalue weighted by molar-refractivity contribution is 0.979. The number of nitrogen functional groups attached to an aromatic ring is 1. The number of aromatic nitrogens is 1. The Morgan fingerprint density at radius 1 is 1.60 bits per heavy atom. The Balaban J connectivity index is 2.58. The van der Waals surface area contributed by atoms with E-state index in [-0.39, 0.29) is 0 Å². The Bertz CT molecular complexity index is 331. The van der Waals surface area contributed by atoms with Crippen LogP contribution in [0, 0.1) is 6.92 Å². The van der Waals surface area contributed by atoms with Gasteiger partial charge >= 0.3 is 0 Å². The van der Waals surface area contributed by atoms with Gasteiger partial charge in [0.2, 0.25) is 0 Å². The van der Waals surface area contributed by atoms with E-state index in [2.05, 4.69) is 32.5 Å². The smallest absolute Gasteiger partial charge is 0.140 e. The van der Waals surface area contributed by atoms with E-state index in [1.54, 1.807) is 6.20 Å². The normalized spacial score (nSPS) is 10.3. The van der Waals surface area contributed by atoms with Crippen LogP contribution in [0.3, 0.4) is 0 Å². The van der Waals surface area contributed by atoms with E-state index in [1.807, 2.05) is 18.7 Å². The van der Waals surface area contributed by atoms with Crippen molar-refractivity contribution in [2.75, 3.05) is 29.6 Å². The second-order valence-electron chi connectivity index (χ2n) is 3.27. The molecule has 1 aromatic rings. The van der Waals surface area contributed by atoms with Gasteiger partial charge in [-0.2, -0.15) is 11.8 Å². The highest BCUT2D eigenvalue weighted by atomic mass is 79.9. The molecule has 15 heavy (non-hydrogen) atoms. The number of nitrogens with zero attached hydrogens (tertiary/aromatic N) is 1. The number of halogens is 1. The van der Waals surface area contributed by atoms with Gasteiger partial charge in [-0.25, -0.2) is 4.98 Å². The van der Waals surface area contributed by atoms with Crippen LogP contribution in [-0.2, 0) is 0 Å². The van der Waals surface area contributed by atoms with Crippen molar-refractivity contribution in [2.45, 2.75) is 13.3 Å². The van der Waals surface area contributed by atoms with E-state index in [4.69, 9.17) is 5.73 Å². The third-order valence-electron chi connectivity index (χ3n) is 2.12. The molecule has 3 nitrogen and oxygen atoms in total. The maximum absolute atomic E-state index is 5.74. The van der Waals surface area contributed by atoms with Gasteiger partial charge in [0, 0.05) is 6.54 Å². The van der Waals surface area contributed by atoms with Gasteiger partial charge in [0.05, 0.1) is 16.4 Å². The van der Waals surface area contributed by atoms with Gasteiger partial charge in [-0.3, -0.25) is 0 Å². The molecule has 0 atom stereocenters. The summed E-state index contributed by atoms with van der Waals surface area (Å²) >= 11 is 5.34. The zero-order valence-corrected chi connectivity index (χ0v) is 11.4. The van der Waals surface area contributed by atoms with E-state index in [0.717, 1.165) is 34.5 Å². The highest BCUT2D eigenvalue weighted by molar-refractivity contribution is 9.10. The topological polar surface area (TPSA) is 50.9 Å². The lowest BCUT2D eigenvalue weighted by atomic mass is 10.2. The van der Waals surface area contributed by atoms with Crippen LogP contribution in [0.4, 0.5) is 11.5 Å². The van der Waals surface area contributed by atoms with Gasteiger partial charge in [-0.1, -0.05) is 0 Å². The molecule has 0 aliphatic heterocycles. The maximum Gasteiger partial charge on any atom is 0.140 e. The van der Waals surface area contributed by atoms with Crippen molar-refractivity contribution in [3.63, 3.8) is 0 Å². The minimum atomic E-state index is 0.719. The number of pyridine rings is 1. The summed E-state index contributed by atoms with van der Waals surface area (Å²) in [6.45, 7) is 2.92. The summed E-state index contributed by atoms with van der Waals surface area (Å²) in [6.07, 6.45) is 4.94. The molecule has 3 N–H and O–H groups in total. The first-order valence-corrected chi connectivity index (χ1v) is 6.99. The average molecular weight is 290 g/mol. The van der Waals surface area contributed by atoms with E-state index >= 15 is 0 Å². The van der Waals surface area contributed by atoms with E-state index < -0.39 is 0 Å². The van der Waals surface area contributed by atoms with Crippen LogP contribution < -0.4 is 11.1 Å². The molecule has 84 valence electrons. The predicted molar refractivity (Wildman–Crippen MR) is 72.6 cm³/mol. The summed E-state index contributed by atoms with van der Waals surface area (Å²) in [7, 11) is 0. The SMILES string of the molecule is CSCCCNc1ncc(N)c(C)c1Br. The predicted octanol–water partition coefficient (Wildman–Crippen LogP) is 2.90. The van der Waals surface area contributed by atoms with Crippen LogP contribution in [0.1, 0.15) is 12.0 Å². The number of hydrogen-bond donors (Lipinski definition) is 2. The largest absolute Gasteiger partial charge is 0.397 e. The van der Waals surface area contributed by atoms with Crippen molar-refractivity contribution in [2.24, 2.45) is 0 Å². The molecule has 0 amide bonds. The number of nitrogens with two attached hydrogens (primary N) is 1. The summed E-state index contributed by atoms with van der Waals surface area (Å²) < 4.78 is 0.964. The van der Waals surface area contributed by atoms with Crippen molar-refractivity contribution in [3.05, 3.63) is 16.2 Å². The summed E-state index contributed by atoms with van der Waals surface area (Å²) in [5, 5.41) is 3.29. The van der Waals surface area contributed by atoms with Crippen LogP contribution in [0.5, 0.6) is 0 Å². The minimum Gasteiger partial charge on any atom is -0.397 e. The average Bonchev–Trinajstić information content (AvgIpc) is 2.24. The highest BCUT2D eigenvalue weighted by Crippen LogP contribution is 2.27. The molecule has 0 saturated heterocycles. The third-order valence-corrected chi connectivity index (χ3v) is 3.79. The summed E-state index contributed by atoms with van der Waals surface area (Å²) in [6, 6.07) is 0. The Hall–Kier alpha value is -0.420. The lowest BCUT2D eigenvalue weighted by Crippen LogP contribution is -2.06. The van der Waals surface area contributed by atoms with Crippen molar-refractivity contribution < 1.29 is 0 Å². The number of rotatable bonds is 5. The molecular weight excluding hydrogens is 274 g/mol. The Morgan fingerprint density at radius 3 is 3.00 bits per heavy atom. The molecule has 1 aromatic heterocycles.